The molecule has 2 aromatic carbocycles. The van der Waals surface area contributed by atoms with Crippen LogP contribution in [-0.2, 0) is 4.79 Å². The Kier molecular flexibility index (Phi) is 5.05. The topological polar surface area (TPSA) is 73.3 Å². The normalized spacial score (nSPS) is 20.4. The number of rotatable bonds is 4. The zero-order valence-electron chi connectivity index (χ0n) is 16.5. The van der Waals surface area contributed by atoms with Crippen molar-refractivity contribution in [3.8, 4) is 17.5 Å². The summed E-state index contributed by atoms with van der Waals surface area (Å²) in [5.41, 5.74) is 1.82. The lowest BCUT2D eigenvalue weighted by Crippen LogP contribution is -2.42. The number of ether oxygens (including phenoxy) is 2. The molecule has 1 aromatic heterocycles. The van der Waals surface area contributed by atoms with Gasteiger partial charge in [0.05, 0.1) is 5.92 Å². The van der Waals surface area contributed by atoms with Crippen LogP contribution in [0.1, 0.15) is 42.7 Å². The predicted octanol–water partition coefficient (Wildman–Crippen LogP) is 4.22. The smallest absolute Gasteiger partial charge is 0.316 e. The van der Waals surface area contributed by atoms with Crippen LogP contribution in [0.5, 0.6) is 17.5 Å². The van der Waals surface area contributed by atoms with Crippen molar-refractivity contribution in [2.45, 2.75) is 43.7 Å². The van der Waals surface area contributed by atoms with Gasteiger partial charge < -0.3 is 14.8 Å². The number of carbonyl (C=O) groups excluding carboxylic acids is 1. The predicted molar refractivity (Wildman–Crippen MR) is 112 cm³/mol. The van der Waals surface area contributed by atoms with Gasteiger partial charge in [0.15, 0.2) is 0 Å². The number of hydrogen-bond donors (Lipinski definition) is 1. The fraction of sp³-hybridized carbons (Fsp3) is 0.292. The van der Waals surface area contributed by atoms with E-state index in [1.54, 1.807) is 18.5 Å². The molecule has 2 aliphatic rings. The van der Waals surface area contributed by atoms with E-state index in [-0.39, 0.29) is 24.0 Å². The lowest BCUT2D eigenvalue weighted by Gasteiger charge is -2.32. The first-order valence-corrected chi connectivity index (χ1v) is 10.4. The van der Waals surface area contributed by atoms with Crippen LogP contribution in [0, 0.1) is 0 Å². The average molecular weight is 401 g/mol. The maximum absolute atomic E-state index is 13.3. The Morgan fingerprint density at radius 2 is 1.47 bits per heavy atom. The molecule has 0 saturated heterocycles. The second-order valence-electron chi connectivity index (χ2n) is 7.74. The summed E-state index contributed by atoms with van der Waals surface area (Å²) < 4.78 is 11.9. The number of fused-ring (bicyclic) bond motifs is 2. The standard InChI is InChI=1S/C24H23N3O3/c28-23(27-16-10-12-17(13-11-16)29-24-25-14-5-15-26-24)22-18-6-1-3-8-20(18)30-21-9-4-2-7-19(21)22/h1-9,14-17,22H,10-13H2,(H,27,28). The maximum Gasteiger partial charge on any atom is 0.316 e. The highest BCUT2D eigenvalue weighted by Gasteiger charge is 2.34. The van der Waals surface area contributed by atoms with Crippen LogP contribution >= 0.6 is 0 Å². The van der Waals surface area contributed by atoms with Gasteiger partial charge >= 0.3 is 6.01 Å². The average Bonchev–Trinajstić information content (AvgIpc) is 2.79. The van der Waals surface area contributed by atoms with Crippen LogP contribution in [0.3, 0.4) is 0 Å². The van der Waals surface area contributed by atoms with E-state index >= 15 is 0 Å². The molecular weight excluding hydrogens is 378 g/mol. The SMILES string of the molecule is O=C(NC1CCC(Oc2ncccn2)CC1)C1c2ccccc2Oc2ccccc21. The molecule has 152 valence electrons. The first-order valence-electron chi connectivity index (χ1n) is 10.4. The Bertz CT molecular complexity index is 987. The molecule has 1 aliphatic heterocycles. The number of hydrogen-bond acceptors (Lipinski definition) is 5. The number of nitrogens with one attached hydrogen (secondary N) is 1. The van der Waals surface area contributed by atoms with Gasteiger partial charge in [0.25, 0.3) is 0 Å². The number of amides is 1. The second-order valence-corrected chi connectivity index (χ2v) is 7.74. The monoisotopic (exact) mass is 401 g/mol. The number of para-hydroxylation sites is 2. The fourth-order valence-corrected chi connectivity index (χ4v) is 4.30. The van der Waals surface area contributed by atoms with Gasteiger partial charge in [0, 0.05) is 29.6 Å². The molecule has 1 N–H and O–H groups in total. The van der Waals surface area contributed by atoms with Gasteiger partial charge in [-0.25, -0.2) is 9.97 Å². The minimum absolute atomic E-state index is 0.0222. The summed E-state index contributed by atoms with van der Waals surface area (Å²) in [6.45, 7) is 0. The lowest BCUT2D eigenvalue weighted by molar-refractivity contribution is -0.122. The zero-order valence-corrected chi connectivity index (χ0v) is 16.5. The van der Waals surface area contributed by atoms with Crippen LogP contribution in [0.15, 0.2) is 67.0 Å². The highest BCUT2D eigenvalue weighted by Crippen LogP contribution is 2.44. The van der Waals surface area contributed by atoms with E-state index < -0.39 is 0 Å². The molecule has 1 fully saturated rings. The first-order chi connectivity index (χ1) is 14.8. The highest BCUT2D eigenvalue weighted by atomic mass is 16.5. The summed E-state index contributed by atoms with van der Waals surface area (Å²) in [5.74, 6) is 1.15. The summed E-state index contributed by atoms with van der Waals surface area (Å²) in [7, 11) is 0. The third-order valence-corrected chi connectivity index (χ3v) is 5.78. The van der Waals surface area contributed by atoms with Crippen LogP contribution in [0.4, 0.5) is 0 Å². The number of nitrogens with zero attached hydrogens (tertiary/aromatic N) is 2. The molecular formula is C24H23N3O3. The van der Waals surface area contributed by atoms with Crippen molar-refractivity contribution in [3.63, 3.8) is 0 Å². The molecule has 0 spiro atoms. The van der Waals surface area contributed by atoms with Crippen molar-refractivity contribution in [2.75, 3.05) is 0 Å². The van der Waals surface area contributed by atoms with E-state index in [1.807, 2.05) is 48.5 Å². The zero-order chi connectivity index (χ0) is 20.3. The van der Waals surface area contributed by atoms with E-state index in [9.17, 15) is 4.79 Å². The Labute approximate surface area is 175 Å². The summed E-state index contributed by atoms with van der Waals surface area (Å²) >= 11 is 0. The molecule has 30 heavy (non-hydrogen) atoms. The third-order valence-electron chi connectivity index (χ3n) is 5.78. The lowest BCUT2D eigenvalue weighted by atomic mass is 9.86. The molecule has 0 bridgehead atoms. The van der Waals surface area contributed by atoms with Gasteiger partial charge in [-0.05, 0) is 43.9 Å². The van der Waals surface area contributed by atoms with Gasteiger partial charge in [-0.15, -0.1) is 0 Å². The van der Waals surface area contributed by atoms with Crippen molar-refractivity contribution in [1.82, 2.24) is 15.3 Å². The van der Waals surface area contributed by atoms with Crippen molar-refractivity contribution >= 4 is 5.91 Å². The molecule has 1 aliphatic carbocycles. The van der Waals surface area contributed by atoms with E-state index in [2.05, 4.69) is 15.3 Å². The molecule has 0 atom stereocenters. The molecule has 2 heterocycles. The Hall–Kier alpha value is -3.41. The molecule has 6 nitrogen and oxygen atoms in total. The Morgan fingerprint density at radius 3 is 2.10 bits per heavy atom. The number of aromatic nitrogens is 2. The largest absolute Gasteiger partial charge is 0.460 e. The van der Waals surface area contributed by atoms with E-state index in [1.165, 1.54) is 0 Å². The molecule has 0 radical (unpaired) electrons. The minimum Gasteiger partial charge on any atom is -0.460 e. The van der Waals surface area contributed by atoms with Crippen molar-refractivity contribution in [1.29, 1.82) is 0 Å². The molecule has 5 rings (SSSR count). The van der Waals surface area contributed by atoms with E-state index in [4.69, 9.17) is 9.47 Å². The highest BCUT2D eigenvalue weighted by molar-refractivity contribution is 5.89. The van der Waals surface area contributed by atoms with Gasteiger partial charge in [-0.1, -0.05) is 36.4 Å². The fourth-order valence-electron chi connectivity index (χ4n) is 4.30. The van der Waals surface area contributed by atoms with Gasteiger partial charge in [-0.2, -0.15) is 0 Å². The van der Waals surface area contributed by atoms with Gasteiger partial charge in [-0.3, -0.25) is 4.79 Å². The molecule has 1 amide bonds. The Morgan fingerprint density at radius 1 is 0.867 bits per heavy atom. The molecule has 3 aromatic rings. The van der Waals surface area contributed by atoms with Crippen LogP contribution in [0.25, 0.3) is 0 Å². The Balaban J connectivity index is 1.26. The molecule has 6 heteroatoms. The van der Waals surface area contributed by atoms with Crippen molar-refractivity contribution < 1.29 is 14.3 Å². The minimum atomic E-state index is -0.363. The number of carbonyl (C=O) groups is 1. The summed E-state index contributed by atoms with van der Waals surface area (Å²) in [4.78, 5) is 21.6. The summed E-state index contributed by atoms with van der Waals surface area (Å²) in [6, 6.07) is 17.9. The maximum atomic E-state index is 13.3. The third kappa shape index (κ3) is 3.73. The number of benzene rings is 2. The van der Waals surface area contributed by atoms with Crippen molar-refractivity contribution in [2.24, 2.45) is 0 Å². The quantitative estimate of drug-likeness (QED) is 0.709. The van der Waals surface area contributed by atoms with Crippen LogP contribution in [0.2, 0.25) is 0 Å². The van der Waals surface area contributed by atoms with E-state index in [0.29, 0.717) is 6.01 Å². The van der Waals surface area contributed by atoms with E-state index in [0.717, 1.165) is 48.3 Å². The van der Waals surface area contributed by atoms with Crippen molar-refractivity contribution in [3.05, 3.63) is 78.1 Å². The second kappa shape index (κ2) is 8.14. The molecule has 0 unspecified atom stereocenters. The van der Waals surface area contributed by atoms with Crippen LogP contribution < -0.4 is 14.8 Å². The summed E-state index contributed by atoms with van der Waals surface area (Å²) in [5, 5.41) is 3.27. The first kappa shape index (κ1) is 18.6. The molecule has 1 saturated carbocycles. The summed E-state index contributed by atoms with van der Waals surface area (Å²) in [6.07, 6.45) is 6.92. The van der Waals surface area contributed by atoms with Gasteiger partial charge in [0.2, 0.25) is 5.91 Å². The van der Waals surface area contributed by atoms with Crippen LogP contribution in [-0.4, -0.2) is 28.0 Å². The van der Waals surface area contributed by atoms with Gasteiger partial charge in [0.1, 0.15) is 17.6 Å².